The topological polar surface area (TPSA) is 57.1 Å². The van der Waals surface area contributed by atoms with Gasteiger partial charge in [-0.1, -0.05) is 49.2 Å². The molecule has 2 fully saturated rings. The lowest BCUT2D eigenvalue weighted by Crippen LogP contribution is -2.52. The zero-order valence-electron chi connectivity index (χ0n) is 17.9. The fourth-order valence-electron chi connectivity index (χ4n) is 4.90. The average Bonchev–Trinajstić information content (AvgIpc) is 2.80. The lowest BCUT2D eigenvalue weighted by Gasteiger charge is -2.45. The number of anilines is 1. The monoisotopic (exact) mass is 407 g/mol. The Kier molecular flexibility index (Phi) is 6.90. The fourth-order valence-corrected chi connectivity index (χ4v) is 4.90. The summed E-state index contributed by atoms with van der Waals surface area (Å²) in [6, 6.07) is 16.5. The predicted octanol–water partition coefficient (Wildman–Crippen LogP) is 5.13. The summed E-state index contributed by atoms with van der Waals surface area (Å²) in [7, 11) is 1.70. The van der Waals surface area contributed by atoms with Crippen LogP contribution in [-0.2, 0) is 4.74 Å². The molecule has 160 valence electrons. The first-order valence-corrected chi connectivity index (χ1v) is 11.2. The summed E-state index contributed by atoms with van der Waals surface area (Å²) in [5.74, 6) is 1.86. The van der Waals surface area contributed by atoms with Crippen molar-refractivity contribution in [2.75, 3.05) is 32.1 Å². The molecule has 2 atom stereocenters. The van der Waals surface area contributed by atoms with E-state index in [1.165, 1.54) is 38.5 Å². The molecule has 5 nitrogen and oxygen atoms in total. The number of guanidine groups is 1. The summed E-state index contributed by atoms with van der Waals surface area (Å²) in [6.45, 7) is 2.20. The Balaban J connectivity index is 1.61. The molecule has 1 heterocycles. The van der Waals surface area contributed by atoms with Crippen LogP contribution >= 0.6 is 0 Å². The number of aliphatic imine (C=N–C) groups is 1. The summed E-state index contributed by atoms with van der Waals surface area (Å²) in [6.07, 6.45) is 7.70. The largest absolute Gasteiger partial charge is 0.506 e. The predicted molar refractivity (Wildman–Crippen MR) is 123 cm³/mol. The van der Waals surface area contributed by atoms with Crippen molar-refractivity contribution in [2.24, 2.45) is 10.9 Å². The smallest absolute Gasteiger partial charge is 0.198 e. The Morgan fingerprint density at radius 3 is 2.70 bits per heavy atom. The number of ether oxygens (including phenoxy) is 1. The second-order valence-corrected chi connectivity index (χ2v) is 8.37. The van der Waals surface area contributed by atoms with E-state index in [4.69, 9.17) is 9.73 Å². The van der Waals surface area contributed by atoms with Crippen LogP contribution in [0.1, 0.15) is 38.5 Å². The maximum Gasteiger partial charge on any atom is 0.198 e. The summed E-state index contributed by atoms with van der Waals surface area (Å²) in [5.41, 5.74) is 2.90. The molecule has 1 saturated heterocycles. The summed E-state index contributed by atoms with van der Waals surface area (Å²) in [4.78, 5) is 7.32. The van der Waals surface area contributed by atoms with Gasteiger partial charge in [0.2, 0.25) is 0 Å². The van der Waals surface area contributed by atoms with Gasteiger partial charge in [-0.05, 0) is 54.9 Å². The first kappa shape index (κ1) is 20.7. The molecular weight excluding hydrogens is 374 g/mol. The lowest BCUT2D eigenvalue weighted by molar-refractivity contribution is 0.118. The molecule has 1 aliphatic carbocycles. The van der Waals surface area contributed by atoms with Crippen molar-refractivity contribution in [2.45, 2.75) is 44.6 Å². The maximum atomic E-state index is 10.6. The molecule has 1 aliphatic heterocycles. The van der Waals surface area contributed by atoms with Crippen molar-refractivity contribution in [3.05, 3.63) is 48.5 Å². The number of phenols is 1. The number of nitrogens with zero attached hydrogens (tertiary/aromatic N) is 2. The molecule has 0 amide bonds. The third-order valence-corrected chi connectivity index (χ3v) is 6.42. The van der Waals surface area contributed by atoms with Crippen molar-refractivity contribution < 1.29 is 9.84 Å². The summed E-state index contributed by atoms with van der Waals surface area (Å²) >= 11 is 0. The zero-order chi connectivity index (χ0) is 20.8. The number of methoxy groups -OCH3 is 1. The van der Waals surface area contributed by atoms with Gasteiger partial charge >= 0.3 is 0 Å². The van der Waals surface area contributed by atoms with E-state index in [0.29, 0.717) is 24.9 Å². The quantitative estimate of drug-likeness (QED) is 0.312. The fraction of sp³-hybridized carbons (Fsp3) is 0.480. The van der Waals surface area contributed by atoms with Crippen LogP contribution in [0.4, 0.5) is 5.69 Å². The minimum atomic E-state index is 0.242. The molecule has 2 aromatic rings. The number of piperidine rings is 1. The van der Waals surface area contributed by atoms with Crippen LogP contribution in [0, 0.1) is 5.92 Å². The maximum absolute atomic E-state index is 10.6. The highest BCUT2D eigenvalue weighted by Gasteiger charge is 2.35. The van der Waals surface area contributed by atoms with Gasteiger partial charge in [-0.15, -0.1) is 0 Å². The molecule has 0 bridgehead atoms. The van der Waals surface area contributed by atoms with Gasteiger partial charge in [0.05, 0.1) is 18.8 Å². The van der Waals surface area contributed by atoms with E-state index in [2.05, 4.69) is 22.3 Å². The number of rotatable bonds is 5. The molecular formula is C25H33N3O2. The third-order valence-electron chi connectivity index (χ3n) is 6.42. The molecule has 30 heavy (non-hydrogen) atoms. The van der Waals surface area contributed by atoms with E-state index in [1.807, 2.05) is 30.3 Å². The molecule has 0 aromatic heterocycles. The molecule has 2 unspecified atom stereocenters. The van der Waals surface area contributed by atoms with E-state index in [1.54, 1.807) is 13.2 Å². The van der Waals surface area contributed by atoms with E-state index >= 15 is 0 Å². The normalized spacial score (nSPS) is 21.9. The Morgan fingerprint density at radius 1 is 1.07 bits per heavy atom. The van der Waals surface area contributed by atoms with Crippen molar-refractivity contribution in [1.82, 2.24) is 4.90 Å². The molecule has 0 radical (unpaired) electrons. The van der Waals surface area contributed by atoms with Gasteiger partial charge in [-0.3, -0.25) is 4.99 Å². The standard InChI is InChI=1S/C25H33N3O2/c1-30-17-15-26-25(28-16-7-11-20-10-5-6-12-23(20)28)27-22-18-21(13-14-24(22)29)19-8-3-2-4-9-19/h2-4,8-9,13-14,18,20,23,29H,5-7,10-12,15-17H2,1H3,(H,26,27). The van der Waals surface area contributed by atoms with Crippen LogP contribution < -0.4 is 5.32 Å². The van der Waals surface area contributed by atoms with Crippen LogP contribution in [0.3, 0.4) is 0 Å². The zero-order valence-corrected chi connectivity index (χ0v) is 17.9. The molecule has 2 N–H and O–H groups in total. The lowest BCUT2D eigenvalue weighted by atomic mass is 9.78. The van der Waals surface area contributed by atoms with E-state index in [0.717, 1.165) is 29.5 Å². The first-order valence-electron chi connectivity index (χ1n) is 11.2. The Morgan fingerprint density at radius 2 is 1.87 bits per heavy atom. The summed E-state index contributed by atoms with van der Waals surface area (Å²) < 4.78 is 5.23. The number of aromatic hydroxyl groups is 1. The molecule has 5 heteroatoms. The van der Waals surface area contributed by atoms with Crippen molar-refractivity contribution >= 4 is 11.6 Å². The number of benzene rings is 2. The average molecular weight is 408 g/mol. The Bertz CT molecular complexity index is 851. The number of nitrogens with one attached hydrogen (secondary N) is 1. The van der Waals surface area contributed by atoms with Gasteiger partial charge < -0.3 is 20.1 Å². The third kappa shape index (κ3) is 4.78. The second kappa shape index (κ2) is 9.98. The van der Waals surface area contributed by atoms with Gasteiger partial charge in [0.15, 0.2) is 5.96 Å². The van der Waals surface area contributed by atoms with Gasteiger partial charge in [0.25, 0.3) is 0 Å². The number of likely N-dealkylation sites (tertiary alicyclic amines) is 1. The molecule has 1 saturated carbocycles. The summed E-state index contributed by atoms with van der Waals surface area (Å²) in [5, 5.41) is 14.1. The van der Waals surface area contributed by atoms with Gasteiger partial charge in [-0.25, -0.2) is 0 Å². The highest BCUT2D eigenvalue weighted by atomic mass is 16.5. The SMILES string of the molecule is COCCN=C(Nc1cc(-c2ccccc2)ccc1O)N1CCCC2CCCCC21. The minimum Gasteiger partial charge on any atom is -0.506 e. The number of phenolic OH excluding ortho intramolecular Hbond substituents is 1. The Hall–Kier alpha value is -2.53. The molecule has 2 aromatic carbocycles. The number of hydrogen-bond acceptors (Lipinski definition) is 3. The van der Waals surface area contributed by atoms with Gasteiger partial charge in [0.1, 0.15) is 5.75 Å². The first-order chi connectivity index (χ1) is 14.8. The molecule has 0 spiro atoms. The van der Waals surface area contributed by atoms with Crippen LogP contribution in [0.2, 0.25) is 0 Å². The number of fused-ring (bicyclic) bond motifs is 1. The van der Waals surface area contributed by atoms with E-state index < -0.39 is 0 Å². The highest BCUT2D eigenvalue weighted by Crippen LogP contribution is 2.36. The molecule has 4 rings (SSSR count). The molecule has 2 aliphatic rings. The van der Waals surface area contributed by atoms with E-state index in [-0.39, 0.29) is 5.75 Å². The van der Waals surface area contributed by atoms with Crippen LogP contribution in [-0.4, -0.2) is 48.8 Å². The minimum absolute atomic E-state index is 0.242. The van der Waals surface area contributed by atoms with Crippen LogP contribution in [0.25, 0.3) is 11.1 Å². The van der Waals surface area contributed by atoms with Crippen LogP contribution in [0.15, 0.2) is 53.5 Å². The van der Waals surface area contributed by atoms with Crippen LogP contribution in [0.5, 0.6) is 5.75 Å². The highest BCUT2D eigenvalue weighted by molar-refractivity contribution is 5.96. The Labute approximate surface area is 179 Å². The van der Waals surface area contributed by atoms with E-state index in [9.17, 15) is 5.11 Å². The van der Waals surface area contributed by atoms with Crippen molar-refractivity contribution in [1.29, 1.82) is 0 Å². The number of hydrogen-bond donors (Lipinski definition) is 2. The second-order valence-electron chi connectivity index (χ2n) is 8.37. The van der Waals surface area contributed by atoms with Gasteiger partial charge in [0, 0.05) is 19.7 Å². The van der Waals surface area contributed by atoms with Crippen molar-refractivity contribution in [3.8, 4) is 16.9 Å². The van der Waals surface area contributed by atoms with Gasteiger partial charge in [-0.2, -0.15) is 0 Å². The van der Waals surface area contributed by atoms with Crippen molar-refractivity contribution in [3.63, 3.8) is 0 Å².